The second-order valence-electron chi connectivity index (χ2n) is 2.01. The molecule has 0 aromatic carbocycles. The Morgan fingerprint density at radius 1 is 1.64 bits per heavy atom. The molecule has 0 unspecified atom stereocenters. The summed E-state index contributed by atoms with van der Waals surface area (Å²) >= 11 is 0. The lowest BCUT2D eigenvalue weighted by Gasteiger charge is -1.92. The molecule has 1 aromatic rings. The van der Waals surface area contributed by atoms with Gasteiger partial charge >= 0.3 is 0 Å². The molecule has 0 atom stereocenters. The van der Waals surface area contributed by atoms with E-state index >= 15 is 0 Å². The van der Waals surface area contributed by atoms with Crippen molar-refractivity contribution in [2.45, 2.75) is 0 Å². The standard InChI is InChI=1S/C6H7N3O2/c1-8-5-3-2-4-6(8)7-9(10)11/h2-5H,1H3/b7-6+. The Balaban J connectivity index is 3.23. The minimum atomic E-state index is -0.713. The van der Waals surface area contributed by atoms with Gasteiger partial charge in [-0.05, 0) is 12.1 Å². The number of nitrogens with zero attached hydrogens (tertiary/aromatic N) is 3. The first-order chi connectivity index (χ1) is 5.20. The van der Waals surface area contributed by atoms with Crippen LogP contribution in [0.1, 0.15) is 0 Å². The average Bonchev–Trinajstić information content (AvgIpc) is 1.93. The van der Waals surface area contributed by atoms with Crippen molar-refractivity contribution in [2.24, 2.45) is 12.1 Å². The summed E-state index contributed by atoms with van der Waals surface area (Å²) in [6.07, 6.45) is 1.70. The molecule has 0 spiro atoms. The van der Waals surface area contributed by atoms with Crippen LogP contribution in [0.15, 0.2) is 29.5 Å². The Morgan fingerprint density at radius 2 is 2.36 bits per heavy atom. The van der Waals surface area contributed by atoms with Crippen LogP contribution in [-0.4, -0.2) is 9.60 Å². The van der Waals surface area contributed by atoms with Crippen molar-refractivity contribution in [3.63, 3.8) is 0 Å². The Bertz CT molecular complexity index is 329. The van der Waals surface area contributed by atoms with Crippen LogP contribution >= 0.6 is 0 Å². The summed E-state index contributed by atoms with van der Waals surface area (Å²) in [5, 5.41) is 12.4. The van der Waals surface area contributed by atoms with Gasteiger partial charge in [-0.25, -0.2) is 10.1 Å². The molecule has 5 nitrogen and oxygen atoms in total. The van der Waals surface area contributed by atoms with Crippen molar-refractivity contribution in [3.8, 4) is 0 Å². The zero-order valence-electron chi connectivity index (χ0n) is 5.97. The van der Waals surface area contributed by atoms with Crippen LogP contribution in [0.25, 0.3) is 0 Å². The second-order valence-corrected chi connectivity index (χ2v) is 2.01. The van der Waals surface area contributed by atoms with Gasteiger partial charge in [-0.2, -0.15) is 0 Å². The van der Waals surface area contributed by atoms with Crippen LogP contribution in [-0.2, 0) is 7.05 Å². The molecular formula is C6H7N3O2. The Morgan fingerprint density at radius 3 is 2.91 bits per heavy atom. The molecule has 0 aliphatic heterocycles. The van der Waals surface area contributed by atoms with E-state index in [9.17, 15) is 10.1 Å². The monoisotopic (exact) mass is 153 g/mol. The van der Waals surface area contributed by atoms with Crippen LogP contribution in [0.3, 0.4) is 0 Å². The number of nitro groups is 1. The van der Waals surface area contributed by atoms with Crippen molar-refractivity contribution < 1.29 is 5.03 Å². The van der Waals surface area contributed by atoms with Crippen molar-refractivity contribution in [1.82, 2.24) is 4.57 Å². The van der Waals surface area contributed by atoms with Crippen LogP contribution in [0.5, 0.6) is 0 Å². The number of aryl methyl sites for hydroxylation is 1. The molecule has 1 heterocycles. The van der Waals surface area contributed by atoms with E-state index in [4.69, 9.17) is 0 Å². The maximum Gasteiger partial charge on any atom is 0.206 e. The fourth-order valence-corrected chi connectivity index (χ4v) is 0.702. The highest BCUT2D eigenvalue weighted by atomic mass is 16.7. The molecule has 0 aliphatic carbocycles. The van der Waals surface area contributed by atoms with E-state index < -0.39 is 5.03 Å². The number of hydrogen-bond acceptors (Lipinski definition) is 2. The van der Waals surface area contributed by atoms with Crippen LogP contribution < -0.4 is 5.49 Å². The summed E-state index contributed by atoms with van der Waals surface area (Å²) in [4.78, 5) is 9.95. The van der Waals surface area contributed by atoms with E-state index in [1.54, 1.807) is 36.0 Å². The maximum absolute atomic E-state index is 9.95. The first-order valence-corrected chi connectivity index (χ1v) is 3.01. The van der Waals surface area contributed by atoms with E-state index in [2.05, 4.69) is 5.10 Å². The molecule has 0 fully saturated rings. The van der Waals surface area contributed by atoms with E-state index in [0.29, 0.717) is 5.49 Å². The zero-order chi connectivity index (χ0) is 8.27. The van der Waals surface area contributed by atoms with E-state index in [1.165, 1.54) is 0 Å². The Labute approximate surface area is 62.7 Å². The third-order valence-corrected chi connectivity index (χ3v) is 1.21. The molecule has 0 N–H and O–H groups in total. The third-order valence-electron chi connectivity index (χ3n) is 1.21. The maximum atomic E-state index is 9.95. The quantitative estimate of drug-likeness (QED) is 0.425. The Kier molecular flexibility index (Phi) is 2.00. The van der Waals surface area contributed by atoms with E-state index in [1.807, 2.05) is 0 Å². The van der Waals surface area contributed by atoms with Crippen molar-refractivity contribution in [3.05, 3.63) is 40.0 Å². The molecule has 0 amide bonds. The van der Waals surface area contributed by atoms with E-state index in [0.717, 1.165) is 0 Å². The lowest BCUT2D eigenvalue weighted by atomic mass is 10.5. The predicted molar refractivity (Wildman–Crippen MR) is 38.0 cm³/mol. The van der Waals surface area contributed by atoms with Gasteiger partial charge in [0, 0.05) is 13.2 Å². The largest absolute Gasteiger partial charge is 0.331 e. The zero-order valence-corrected chi connectivity index (χ0v) is 5.97. The van der Waals surface area contributed by atoms with Gasteiger partial charge in [-0.1, -0.05) is 6.07 Å². The van der Waals surface area contributed by atoms with E-state index in [-0.39, 0.29) is 0 Å². The summed E-state index contributed by atoms with van der Waals surface area (Å²) in [5.41, 5.74) is 0.331. The Hall–Kier alpha value is -1.65. The molecule has 0 aliphatic rings. The lowest BCUT2D eigenvalue weighted by Crippen LogP contribution is -2.17. The summed E-state index contributed by atoms with van der Waals surface area (Å²) in [6, 6.07) is 5.05. The van der Waals surface area contributed by atoms with Crippen LogP contribution in [0, 0.1) is 10.1 Å². The molecular weight excluding hydrogens is 146 g/mol. The minimum Gasteiger partial charge on any atom is -0.331 e. The smallest absolute Gasteiger partial charge is 0.206 e. The highest BCUT2D eigenvalue weighted by Crippen LogP contribution is 1.76. The second kappa shape index (κ2) is 2.96. The molecule has 0 radical (unpaired) electrons. The molecule has 0 saturated carbocycles. The summed E-state index contributed by atoms with van der Waals surface area (Å²) in [6.45, 7) is 0. The van der Waals surface area contributed by atoms with Gasteiger partial charge in [0.2, 0.25) is 5.49 Å². The molecule has 1 rings (SSSR count). The molecule has 5 heteroatoms. The van der Waals surface area contributed by atoms with Crippen LogP contribution in [0.4, 0.5) is 0 Å². The summed E-state index contributed by atoms with van der Waals surface area (Å²) < 4.78 is 1.57. The first kappa shape index (κ1) is 7.46. The normalized spacial score (nSPS) is 11.5. The fraction of sp³-hybridized carbons (Fsp3) is 0.167. The van der Waals surface area contributed by atoms with Gasteiger partial charge in [-0.3, -0.25) is 0 Å². The molecule has 58 valence electrons. The van der Waals surface area contributed by atoms with Crippen molar-refractivity contribution in [1.29, 1.82) is 0 Å². The first-order valence-electron chi connectivity index (χ1n) is 3.01. The molecule has 1 aromatic heterocycles. The minimum absolute atomic E-state index is 0.331. The van der Waals surface area contributed by atoms with Gasteiger partial charge in [0.15, 0.2) is 5.03 Å². The number of pyridine rings is 1. The number of aromatic nitrogens is 1. The van der Waals surface area contributed by atoms with Gasteiger partial charge in [0.25, 0.3) is 0 Å². The summed E-state index contributed by atoms with van der Waals surface area (Å²) in [7, 11) is 1.70. The highest BCUT2D eigenvalue weighted by Gasteiger charge is 1.90. The van der Waals surface area contributed by atoms with Crippen molar-refractivity contribution in [2.75, 3.05) is 0 Å². The number of hydrogen-bond donors (Lipinski definition) is 0. The lowest BCUT2D eigenvalue weighted by molar-refractivity contribution is -0.490. The SMILES string of the molecule is Cn1cccc/c1=N\[N+](=O)[O-]. The van der Waals surface area contributed by atoms with Crippen LogP contribution in [0.2, 0.25) is 0 Å². The summed E-state index contributed by atoms with van der Waals surface area (Å²) in [5.74, 6) is 0. The topological polar surface area (TPSA) is 60.4 Å². The number of rotatable bonds is 1. The van der Waals surface area contributed by atoms with Gasteiger partial charge in [-0.15, -0.1) is 0 Å². The highest BCUT2D eigenvalue weighted by molar-refractivity contribution is 4.91. The molecule has 0 saturated heterocycles. The van der Waals surface area contributed by atoms with Gasteiger partial charge in [0.05, 0.1) is 5.10 Å². The predicted octanol–water partition coefficient (Wildman–Crippen LogP) is 0.117. The average molecular weight is 153 g/mol. The van der Waals surface area contributed by atoms with Gasteiger partial charge < -0.3 is 4.57 Å². The molecule has 0 bridgehead atoms. The third kappa shape index (κ3) is 1.89. The molecule has 11 heavy (non-hydrogen) atoms. The fourth-order valence-electron chi connectivity index (χ4n) is 0.702. The van der Waals surface area contributed by atoms with Crippen molar-refractivity contribution >= 4 is 0 Å². The van der Waals surface area contributed by atoms with Gasteiger partial charge in [0.1, 0.15) is 0 Å².